The molecule has 1 N–H and O–H groups in total. The Labute approximate surface area is 156 Å². The summed E-state index contributed by atoms with van der Waals surface area (Å²) in [6, 6.07) is 11.9. The molecule has 0 aliphatic carbocycles. The molecule has 0 amide bonds. The number of hydrogen-bond donors (Lipinski definition) is 1. The van der Waals surface area contributed by atoms with Gasteiger partial charge in [-0.25, -0.2) is 14.6 Å². The van der Waals surface area contributed by atoms with Crippen molar-refractivity contribution < 1.29 is 4.52 Å². The Balaban J connectivity index is 1.38. The molecule has 8 nitrogen and oxygen atoms in total. The topological polar surface area (TPSA) is 94.6 Å². The summed E-state index contributed by atoms with van der Waals surface area (Å²) in [6.07, 6.45) is 4.92. The summed E-state index contributed by atoms with van der Waals surface area (Å²) < 4.78 is 7.01. The minimum Gasteiger partial charge on any atom is -0.366 e. The van der Waals surface area contributed by atoms with Gasteiger partial charge in [0.15, 0.2) is 5.82 Å². The van der Waals surface area contributed by atoms with Crippen molar-refractivity contribution >= 4 is 5.82 Å². The Kier molecular flexibility index (Phi) is 4.61. The molecule has 3 aromatic heterocycles. The van der Waals surface area contributed by atoms with Gasteiger partial charge in [-0.3, -0.25) is 0 Å². The Hall–Kier alpha value is -3.55. The largest absolute Gasteiger partial charge is 0.366 e. The van der Waals surface area contributed by atoms with E-state index >= 15 is 0 Å². The van der Waals surface area contributed by atoms with Crippen LogP contribution < -0.4 is 5.32 Å². The second-order valence-corrected chi connectivity index (χ2v) is 6.40. The highest BCUT2D eigenvalue weighted by atomic mass is 16.5. The third-order valence-corrected chi connectivity index (χ3v) is 4.06. The van der Waals surface area contributed by atoms with Crippen LogP contribution in [0, 0.1) is 0 Å². The molecule has 4 aromatic rings. The first kappa shape index (κ1) is 16.9. The molecule has 8 heteroatoms. The van der Waals surface area contributed by atoms with Crippen molar-refractivity contribution in [2.75, 3.05) is 5.32 Å². The summed E-state index contributed by atoms with van der Waals surface area (Å²) in [6.45, 7) is 4.72. The number of rotatable bonds is 6. The molecule has 0 saturated carbocycles. The van der Waals surface area contributed by atoms with Crippen LogP contribution in [0.15, 0.2) is 59.8 Å². The van der Waals surface area contributed by atoms with Crippen molar-refractivity contribution in [1.29, 1.82) is 0 Å². The number of aromatic nitrogens is 6. The average molecular weight is 361 g/mol. The van der Waals surface area contributed by atoms with E-state index in [2.05, 4.69) is 30.5 Å². The normalized spacial score (nSPS) is 11.1. The number of anilines is 1. The van der Waals surface area contributed by atoms with Gasteiger partial charge in [-0.2, -0.15) is 10.1 Å². The van der Waals surface area contributed by atoms with Crippen molar-refractivity contribution in [3.05, 3.63) is 66.6 Å². The lowest BCUT2D eigenvalue weighted by molar-refractivity contribution is 0.419. The summed E-state index contributed by atoms with van der Waals surface area (Å²) in [5.41, 5.74) is 2.92. The molecule has 0 fully saturated rings. The van der Waals surface area contributed by atoms with Gasteiger partial charge in [-0.1, -0.05) is 31.1 Å². The van der Waals surface area contributed by atoms with E-state index in [0.29, 0.717) is 18.3 Å². The summed E-state index contributed by atoms with van der Waals surface area (Å²) in [7, 11) is 0. The van der Waals surface area contributed by atoms with E-state index in [0.717, 1.165) is 22.6 Å². The fraction of sp³-hybridized carbons (Fsp3) is 0.211. The van der Waals surface area contributed by atoms with Crippen molar-refractivity contribution in [1.82, 2.24) is 29.9 Å². The molecule has 0 bridgehead atoms. The zero-order chi connectivity index (χ0) is 18.6. The standard InChI is InChI=1S/C19H19N7O/c1-13(2)18-24-19(27-25-18)15-5-8-17(22-10-15)21-9-14-3-6-16(7-4-14)26-12-20-11-23-26/h3-8,10-13H,9H2,1-2H3,(H,21,22). The van der Waals surface area contributed by atoms with E-state index < -0.39 is 0 Å². The predicted molar refractivity (Wildman–Crippen MR) is 100 cm³/mol. The summed E-state index contributed by atoms with van der Waals surface area (Å²) >= 11 is 0. The lowest BCUT2D eigenvalue weighted by Crippen LogP contribution is -2.02. The summed E-state index contributed by atoms with van der Waals surface area (Å²) in [5, 5.41) is 11.4. The minimum atomic E-state index is 0.229. The van der Waals surface area contributed by atoms with E-state index in [-0.39, 0.29) is 5.92 Å². The third-order valence-electron chi connectivity index (χ3n) is 4.06. The molecule has 0 saturated heterocycles. The average Bonchev–Trinajstić information content (AvgIpc) is 3.39. The molecule has 136 valence electrons. The molecular weight excluding hydrogens is 342 g/mol. The van der Waals surface area contributed by atoms with Gasteiger partial charge in [0.05, 0.1) is 11.3 Å². The highest BCUT2D eigenvalue weighted by molar-refractivity contribution is 5.54. The van der Waals surface area contributed by atoms with Crippen LogP contribution in [0.3, 0.4) is 0 Å². The zero-order valence-electron chi connectivity index (χ0n) is 15.1. The second kappa shape index (κ2) is 7.36. The fourth-order valence-electron chi connectivity index (χ4n) is 2.51. The summed E-state index contributed by atoms with van der Waals surface area (Å²) in [5.74, 6) is 2.19. The smallest absolute Gasteiger partial charge is 0.259 e. The van der Waals surface area contributed by atoms with E-state index in [1.807, 2.05) is 50.2 Å². The number of nitrogens with one attached hydrogen (secondary N) is 1. The predicted octanol–water partition coefficient (Wildman–Crippen LogP) is 3.45. The molecule has 1 aromatic carbocycles. The maximum Gasteiger partial charge on any atom is 0.259 e. The Morgan fingerprint density at radius 3 is 2.59 bits per heavy atom. The van der Waals surface area contributed by atoms with Crippen LogP contribution in [0.1, 0.15) is 31.2 Å². The van der Waals surface area contributed by atoms with E-state index in [1.165, 1.54) is 6.33 Å². The number of hydrogen-bond acceptors (Lipinski definition) is 7. The van der Waals surface area contributed by atoms with Gasteiger partial charge in [0, 0.05) is 18.7 Å². The first-order valence-electron chi connectivity index (χ1n) is 8.67. The van der Waals surface area contributed by atoms with Crippen LogP contribution in [-0.4, -0.2) is 29.9 Å². The third kappa shape index (κ3) is 3.84. The van der Waals surface area contributed by atoms with Crippen LogP contribution in [0.25, 0.3) is 17.1 Å². The van der Waals surface area contributed by atoms with Gasteiger partial charge in [0.25, 0.3) is 5.89 Å². The first-order valence-corrected chi connectivity index (χ1v) is 8.67. The molecule has 0 aliphatic heterocycles. The minimum absolute atomic E-state index is 0.229. The first-order chi connectivity index (χ1) is 13.2. The molecule has 0 radical (unpaired) electrons. The zero-order valence-corrected chi connectivity index (χ0v) is 15.1. The Morgan fingerprint density at radius 2 is 1.96 bits per heavy atom. The van der Waals surface area contributed by atoms with Crippen molar-refractivity contribution in [3.63, 3.8) is 0 Å². The van der Waals surface area contributed by atoms with Gasteiger partial charge in [-0.05, 0) is 29.8 Å². The van der Waals surface area contributed by atoms with Crippen molar-refractivity contribution in [3.8, 4) is 17.1 Å². The highest BCUT2D eigenvalue weighted by Crippen LogP contribution is 2.20. The Morgan fingerprint density at radius 1 is 1.11 bits per heavy atom. The van der Waals surface area contributed by atoms with Crippen molar-refractivity contribution in [2.24, 2.45) is 0 Å². The highest BCUT2D eigenvalue weighted by Gasteiger charge is 2.11. The SMILES string of the molecule is CC(C)c1noc(-c2ccc(NCc3ccc(-n4cncn4)cc3)nc2)n1. The number of nitrogens with zero attached hydrogens (tertiary/aromatic N) is 6. The maximum absolute atomic E-state index is 5.29. The molecular formula is C19H19N7O. The fourth-order valence-corrected chi connectivity index (χ4v) is 2.51. The van der Waals surface area contributed by atoms with Gasteiger partial charge in [0.1, 0.15) is 18.5 Å². The molecule has 27 heavy (non-hydrogen) atoms. The molecule has 0 aliphatic rings. The van der Waals surface area contributed by atoms with Gasteiger partial charge >= 0.3 is 0 Å². The van der Waals surface area contributed by atoms with Crippen molar-refractivity contribution in [2.45, 2.75) is 26.3 Å². The molecule has 3 heterocycles. The quantitative estimate of drug-likeness (QED) is 0.562. The van der Waals surface area contributed by atoms with Crippen LogP contribution >= 0.6 is 0 Å². The van der Waals surface area contributed by atoms with Gasteiger partial charge < -0.3 is 9.84 Å². The molecule has 4 rings (SSSR count). The monoisotopic (exact) mass is 361 g/mol. The van der Waals surface area contributed by atoms with Crippen LogP contribution in [0.4, 0.5) is 5.82 Å². The molecule has 0 atom stereocenters. The van der Waals surface area contributed by atoms with E-state index in [9.17, 15) is 0 Å². The lowest BCUT2D eigenvalue weighted by Gasteiger charge is -2.07. The van der Waals surface area contributed by atoms with E-state index in [4.69, 9.17) is 4.52 Å². The lowest BCUT2D eigenvalue weighted by atomic mass is 10.2. The van der Waals surface area contributed by atoms with Crippen LogP contribution in [0.5, 0.6) is 0 Å². The second-order valence-electron chi connectivity index (χ2n) is 6.40. The van der Waals surface area contributed by atoms with Gasteiger partial charge in [0.2, 0.25) is 0 Å². The van der Waals surface area contributed by atoms with Gasteiger partial charge in [-0.15, -0.1) is 0 Å². The number of pyridine rings is 1. The Bertz CT molecular complexity index is 989. The van der Waals surface area contributed by atoms with E-state index in [1.54, 1.807) is 17.2 Å². The van der Waals surface area contributed by atoms with Crippen LogP contribution in [-0.2, 0) is 6.54 Å². The maximum atomic E-state index is 5.29. The number of benzene rings is 1. The molecule has 0 unspecified atom stereocenters. The van der Waals surface area contributed by atoms with Crippen LogP contribution in [0.2, 0.25) is 0 Å². The summed E-state index contributed by atoms with van der Waals surface area (Å²) in [4.78, 5) is 12.8. The molecule has 0 spiro atoms.